The fourth-order valence-electron chi connectivity index (χ4n) is 2.78. The Morgan fingerprint density at radius 1 is 1.39 bits per heavy atom. The van der Waals surface area contributed by atoms with Crippen LogP contribution in [0.5, 0.6) is 0 Å². The van der Waals surface area contributed by atoms with Gasteiger partial charge in [0.15, 0.2) is 5.82 Å². The summed E-state index contributed by atoms with van der Waals surface area (Å²) in [6, 6.07) is 8.30. The fraction of sp³-hybridized carbons (Fsp3) is 0.529. The predicted octanol–water partition coefficient (Wildman–Crippen LogP) is 3.17. The van der Waals surface area contributed by atoms with Gasteiger partial charge in [0.2, 0.25) is 5.89 Å². The van der Waals surface area contributed by atoms with Gasteiger partial charge in [-0.15, -0.1) is 0 Å². The number of piperazine rings is 1. The Kier molecular flexibility index (Phi) is 4.71. The second-order valence-electron chi connectivity index (χ2n) is 7.01. The number of halogens is 1. The maximum Gasteiger partial charge on any atom is 0.240 e. The number of hydrogen-bond acceptors (Lipinski definition) is 5. The van der Waals surface area contributed by atoms with Gasteiger partial charge in [-0.1, -0.05) is 49.7 Å². The van der Waals surface area contributed by atoms with Crippen molar-refractivity contribution in [1.82, 2.24) is 20.4 Å². The molecule has 2 heterocycles. The summed E-state index contributed by atoms with van der Waals surface area (Å²) < 4.78 is 5.45. The largest absolute Gasteiger partial charge is 0.338 e. The van der Waals surface area contributed by atoms with Crippen LogP contribution >= 0.6 is 11.6 Å². The van der Waals surface area contributed by atoms with E-state index in [9.17, 15) is 0 Å². The highest BCUT2D eigenvalue weighted by molar-refractivity contribution is 6.30. The molecule has 1 aliphatic heterocycles. The molecule has 1 saturated heterocycles. The third kappa shape index (κ3) is 3.91. The lowest BCUT2D eigenvalue weighted by Gasteiger charge is -2.35. The van der Waals surface area contributed by atoms with Crippen LogP contribution in [0.25, 0.3) is 0 Å². The van der Waals surface area contributed by atoms with E-state index in [-0.39, 0.29) is 11.5 Å². The third-order valence-corrected chi connectivity index (χ3v) is 4.30. The summed E-state index contributed by atoms with van der Waals surface area (Å²) in [5, 5.41) is 8.33. The second-order valence-corrected chi connectivity index (χ2v) is 7.44. The SMILES string of the molecule is CC(C)(C)c1noc(CN2CCNCC2c2cccc(Cl)c2)n1. The van der Waals surface area contributed by atoms with Crippen LogP contribution in [-0.4, -0.2) is 34.7 Å². The number of rotatable bonds is 3. The summed E-state index contributed by atoms with van der Waals surface area (Å²) >= 11 is 6.15. The van der Waals surface area contributed by atoms with Crippen LogP contribution in [0, 0.1) is 0 Å². The van der Waals surface area contributed by atoms with Gasteiger partial charge in [-0.25, -0.2) is 0 Å². The summed E-state index contributed by atoms with van der Waals surface area (Å²) in [6.07, 6.45) is 0. The van der Waals surface area contributed by atoms with Crippen LogP contribution in [0.3, 0.4) is 0 Å². The molecule has 0 radical (unpaired) electrons. The maximum absolute atomic E-state index is 6.15. The smallest absolute Gasteiger partial charge is 0.240 e. The Balaban J connectivity index is 1.78. The summed E-state index contributed by atoms with van der Waals surface area (Å²) in [6.45, 7) is 9.69. The van der Waals surface area contributed by atoms with Gasteiger partial charge in [-0.2, -0.15) is 4.98 Å². The minimum atomic E-state index is -0.0996. The zero-order chi connectivity index (χ0) is 16.4. The molecule has 1 aromatic carbocycles. The lowest BCUT2D eigenvalue weighted by atomic mass is 9.96. The molecular formula is C17H23ClN4O. The first-order valence-electron chi connectivity index (χ1n) is 7.97. The standard InChI is InChI=1S/C17H23ClN4O/c1-17(2,3)16-20-15(23-21-16)11-22-8-7-19-10-14(22)12-5-4-6-13(18)9-12/h4-6,9,14,19H,7-8,10-11H2,1-3H3. The van der Waals surface area contributed by atoms with Gasteiger partial charge in [-0.3, -0.25) is 4.90 Å². The minimum absolute atomic E-state index is 0.0996. The Bertz CT molecular complexity index is 665. The van der Waals surface area contributed by atoms with Crippen LogP contribution in [-0.2, 0) is 12.0 Å². The van der Waals surface area contributed by atoms with E-state index in [1.807, 2.05) is 18.2 Å². The van der Waals surface area contributed by atoms with Gasteiger partial charge in [0.05, 0.1) is 6.54 Å². The zero-order valence-corrected chi connectivity index (χ0v) is 14.6. The molecule has 1 aromatic heterocycles. The van der Waals surface area contributed by atoms with Crippen molar-refractivity contribution >= 4 is 11.6 Å². The summed E-state index contributed by atoms with van der Waals surface area (Å²) in [4.78, 5) is 6.92. The molecule has 1 fully saturated rings. The molecule has 0 spiro atoms. The highest BCUT2D eigenvalue weighted by atomic mass is 35.5. The van der Waals surface area contributed by atoms with Crippen molar-refractivity contribution in [2.75, 3.05) is 19.6 Å². The van der Waals surface area contributed by atoms with Gasteiger partial charge in [0.1, 0.15) is 0 Å². The van der Waals surface area contributed by atoms with E-state index < -0.39 is 0 Å². The molecule has 1 unspecified atom stereocenters. The van der Waals surface area contributed by atoms with E-state index in [2.05, 4.69) is 47.2 Å². The molecule has 2 aromatic rings. The molecule has 0 saturated carbocycles. The molecule has 0 bridgehead atoms. The number of nitrogens with one attached hydrogen (secondary N) is 1. The van der Waals surface area contributed by atoms with Crippen molar-refractivity contribution in [3.05, 3.63) is 46.6 Å². The second kappa shape index (κ2) is 6.59. The average molecular weight is 335 g/mol. The molecule has 0 aliphatic carbocycles. The topological polar surface area (TPSA) is 54.2 Å². The van der Waals surface area contributed by atoms with E-state index in [4.69, 9.17) is 16.1 Å². The van der Waals surface area contributed by atoms with E-state index in [1.165, 1.54) is 5.56 Å². The molecule has 5 nitrogen and oxygen atoms in total. The van der Waals surface area contributed by atoms with E-state index >= 15 is 0 Å². The Morgan fingerprint density at radius 2 is 2.22 bits per heavy atom. The molecule has 3 rings (SSSR count). The van der Waals surface area contributed by atoms with E-state index in [0.29, 0.717) is 12.4 Å². The van der Waals surface area contributed by atoms with Crippen LogP contribution < -0.4 is 5.32 Å². The van der Waals surface area contributed by atoms with Gasteiger partial charge in [-0.05, 0) is 17.7 Å². The molecule has 1 N–H and O–H groups in total. The average Bonchev–Trinajstić information content (AvgIpc) is 2.96. The first-order chi connectivity index (χ1) is 10.9. The lowest BCUT2D eigenvalue weighted by molar-refractivity contribution is 0.135. The highest BCUT2D eigenvalue weighted by Gasteiger charge is 2.27. The zero-order valence-electron chi connectivity index (χ0n) is 13.8. The maximum atomic E-state index is 6.15. The van der Waals surface area contributed by atoms with Gasteiger partial charge < -0.3 is 9.84 Å². The summed E-state index contributed by atoms with van der Waals surface area (Å²) in [7, 11) is 0. The van der Waals surface area contributed by atoms with E-state index in [1.54, 1.807) is 0 Å². The van der Waals surface area contributed by atoms with Crippen molar-refractivity contribution in [3.8, 4) is 0 Å². The molecule has 0 amide bonds. The number of aromatic nitrogens is 2. The van der Waals surface area contributed by atoms with E-state index in [0.717, 1.165) is 30.5 Å². The van der Waals surface area contributed by atoms with Crippen LogP contribution in [0.4, 0.5) is 0 Å². The predicted molar refractivity (Wildman–Crippen MR) is 90.5 cm³/mol. The van der Waals surface area contributed by atoms with Crippen LogP contribution in [0.1, 0.15) is 44.1 Å². The van der Waals surface area contributed by atoms with Crippen molar-refractivity contribution in [2.45, 2.75) is 38.8 Å². The quantitative estimate of drug-likeness (QED) is 0.934. The molecule has 6 heteroatoms. The van der Waals surface area contributed by atoms with Crippen LogP contribution in [0.15, 0.2) is 28.8 Å². The van der Waals surface area contributed by atoms with Crippen molar-refractivity contribution in [1.29, 1.82) is 0 Å². The van der Waals surface area contributed by atoms with Gasteiger partial charge in [0, 0.05) is 36.1 Å². The monoisotopic (exact) mass is 334 g/mol. The van der Waals surface area contributed by atoms with Crippen molar-refractivity contribution in [2.24, 2.45) is 0 Å². The highest BCUT2D eigenvalue weighted by Crippen LogP contribution is 2.26. The summed E-state index contributed by atoms with van der Waals surface area (Å²) in [5.74, 6) is 1.42. The normalized spacial score (nSPS) is 19.9. The first-order valence-corrected chi connectivity index (χ1v) is 8.34. The molecule has 23 heavy (non-hydrogen) atoms. The van der Waals surface area contributed by atoms with Crippen LogP contribution in [0.2, 0.25) is 5.02 Å². The van der Waals surface area contributed by atoms with Crippen molar-refractivity contribution in [3.63, 3.8) is 0 Å². The molecule has 1 aliphatic rings. The van der Waals surface area contributed by atoms with Crippen molar-refractivity contribution < 1.29 is 4.52 Å². The number of benzene rings is 1. The lowest BCUT2D eigenvalue weighted by Crippen LogP contribution is -2.45. The Morgan fingerprint density at radius 3 is 2.91 bits per heavy atom. The molecular weight excluding hydrogens is 312 g/mol. The number of hydrogen-bond donors (Lipinski definition) is 1. The van der Waals surface area contributed by atoms with Gasteiger partial charge in [0.25, 0.3) is 0 Å². The molecule has 124 valence electrons. The Hall–Kier alpha value is -1.43. The molecule has 1 atom stereocenters. The number of nitrogens with zero attached hydrogens (tertiary/aromatic N) is 3. The minimum Gasteiger partial charge on any atom is -0.338 e. The first kappa shape index (κ1) is 16.4. The van der Waals surface area contributed by atoms with Gasteiger partial charge >= 0.3 is 0 Å². The summed E-state index contributed by atoms with van der Waals surface area (Å²) in [5.41, 5.74) is 1.11. The Labute approximate surface area is 142 Å². The fourth-order valence-corrected chi connectivity index (χ4v) is 2.97. The third-order valence-electron chi connectivity index (χ3n) is 4.06.